The number of carboxylic acid groups (broad SMARTS) is 1. The summed E-state index contributed by atoms with van der Waals surface area (Å²) in [5.74, 6) is -0.612. The number of pyridine rings is 1. The molecule has 0 radical (unpaired) electrons. The van der Waals surface area contributed by atoms with E-state index in [1.165, 1.54) is 11.4 Å². The minimum Gasteiger partial charge on any atom is -0.496 e. The van der Waals surface area contributed by atoms with E-state index in [2.05, 4.69) is 4.98 Å². The number of methoxy groups -OCH3 is 1. The van der Waals surface area contributed by atoms with Gasteiger partial charge in [-0.25, -0.2) is 13.2 Å². The molecule has 3 rings (SSSR count). The number of sulfonamides is 1. The standard InChI is InChI=1S/C24H33N3O6S.CH4/c1-13-17-19-15(16(32-8)10-11-25-19)12-27(34(9,30)31)21(17)14(2)18(20(13)26(6)7)22(23(28)29)33-24(3,4)5;/h10-11,22H,12H2,1-9H3,(H,28,29);1H4. The lowest BCUT2D eigenvalue weighted by molar-refractivity contribution is -0.160. The summed E-state index contributed by atoms with van der Waals surface area (Å²) < 4.78 is 38.8. The Morgan fingerprint density at radius 2 is 1.83 bits per heavy atom. The minimum atomic E-state index is -3.73. The van der Waals surface area contributed by atoms with Crippen molar-refractivity contribution >= 4 is 27.4 Å². The first-order valence-electron chi connectivity index (χ1n) is 10.8. The topological polar surface area (TPSA) is 109 Å². The van der Waals surface area contributed by atoms with Crippen LogP contribution >= 0.6 is 0 Å². The van der Waals surface area contributed by atoms with Crippen LogP contribution in [0.25, 0.3) is 11.3 Å². The maximum atomic E-state index is 13.0. The van der Waals surface area contributed by atoms with Gasteiger partial charge in [-0.3, -0.25) is 9.29 Å². The van der Waals surface area contributed by atoms with E-state index in [1.54, 1.807) is 40.0 Å². The predicted octanol–water partition coefficient (Wildman–Crippen LogP) is 4.30. The van der Waals surface area contributed by atoms with Crippen molar-refractivity contribution in [1.29, 1.82) is 0 Å². The van der Waals surface area contributed by atoms with Crippen LogP contribution in [-0.2, 0) is 26.1 Å². The molecule has 0 saturated carbocycles. The molecule has 2 aromatic rings. The molecular formula is C25H37N3O6S. The number of rotatable bonds is 6. The van der Waals surface area contributed by atoms with E-state index >= 15 is 0 Å². The number of hydrogen-bond acceptors (Lipinski definition) is 7. The van der Waals surface area contributed by atoms with Gasteiger partial charge in [0.1, 0.15) is 5.75 Å². The number of hydrogen-bond donors (Lipinski definition) is 1. The van der Waals surface area contributed by atoms with Gasteiger partial charge in [-0.1, -0.05) is 7.43 Å². The van der Waals surface area contributed by atoms with Crippen molar-refractivity contribution in [2.24, 2.45) is 0 Å². The number of anilines is 2. The van der Waals surface area contributed by atoms with Crippen LogP contribution in [0.2, 0.25) is 0 Å². The Hall–Kier alpha value is -2.85. The van der Waals surface area contributed by atoms with Crippen LogP contribution in [0, 0.1) is 13.8 Å². The fourth-order valence-electron chi connectivity index (χ4n) is 4.62. The number of fused-ring (bicyclic) bond motifs is 3. The van der Waals surface area contributed by atoms with Crippen LogP contribution in [0.15, 0.2) is 12.3 Å². The maximum absolute atomic E-state index is 13.0. The van der Waals surface area contributed by atoms with E-state index < -0.39 is 27.7 Å². The quantitative estimate of drug-likeness (QED) is 0.617. The molecule has 0 aliphatic carbocycles. The van der Waals surface area contributed by atoms with Gasteiger partial charge >= 0.3 is 5.97 Å². The van der Waals surface area contributed by atoms with Crippen LogP contribution in [0.4, 0.5) is 11.4 Å². The second-order valence-corrected chi connectivity index (χ2v) is 11.6. The third-order valence-corrected chi connectivity index (χ3v) is 6.92. The van der Waals surface area contributed by atoms with E-state index in [4.69, 9.17) is 9.47 Å². The Bertz CT molecular complexity index is 1250. The summed E-state index contributed by atoms with van der Waals surface area (Å²) >= 11 is 0. The van der Waals surface area contributed by atoms with Crippen molar-refractivity contribution in [2.45, 2.75) is 60.3 Å². The monoisotopic (exact) mass is 507 g/mol. The molecule has 10 heteroatoms. The van der Waals surface area contributed by atoms with Crippen molar-refractivity contribution in [2.75, 3.05) is 36.7 Å². The highest BCUT2D eigenvalue weighted by molar-refractivity contribution is 7.92. The highest BCUT2D eigenvalue weighted by atomic mass is 32.2. The van der Waals surface area contributed by atoms with Gasteiger partial charge in [0.05, 0.1) is 36.9 Å². The van der Waals surface area contributed by atoms with Crippen molar-refractivity contribution in [3.8, 4) is 17.0 Å². The highest BCUT2D eigenvalue weighted by Gasteiger charge is 2.39. The van der Waals surface area contributed by atoms with E-state index in [-0.39, 0.29) is 14.0 Å². The van der Waals surface area contributed by atoms with Crippen LogP contribution in [-0.4, -0.2) is 57.5 Å². The molecule has 0 spiro atoms. The zero-order valence-electron chi connectivity index (χ0n) is 21.2. The molecule has 0 fully saturated rings. The Morgan fingerprint density at radius 1 is 1.23 bits per heavy atom. The molecule has 1 aromatic carbocycles. The fourth-order valence-corrected chi connectivity index (χ4v) is 5.54. The van der Waals surface area contributed by atoms with Crippen molar-refractivity contribution in [3.63, 3.8) is 0 Å². The molecule has 0 saturated heterocycles. The number of benzene rings is 1. The minimum absolute atomic E-state index is 0. The van der Waals surface area contributed by atoms with Crippen molar-refractivity contribution < 1.29 is 27.8 Å². The lowest BCUT2D eigenvalue weighted by atomic mass is 9.86. The molecule has 0 amide bonds. The van der Waals surface area contributed by atoms with Gasteiger partial charge in [-0.15, -0.1) is 0 Å². The molecular weight excluding hydrogens is 470 g/mol. The summed E-state index contributed by atoms with van der Waals surface area (Å²) in [6.07, 6.45) is 1.46. The molecule has 2 heterocycles. The third-order valence-electron chi connectivity index (χ3n) is 5.81. The number of aromatic nitrogens is 1. The van der Waals surface area contributed by atoms with Gasteiger partial charge < -0.3 is 19.5 Å². The van der Waals surface area contributed by atoms with Gasteiger partial charge in [0.2, 0.25) is 10.0 Å². The number of nitrogens with zero attached hydrogens (tertiary/aromatic N) is 3. The van der Waals surface area contributed by atoms with E-state index in [9.17, 15) is 18.3 Å². The summed E-state index contributed by atoms with van der Waals surface area (Å²) in [6, 6.07) is 1.70. The van der Waals surface area contributed by atoms with E-state index in [0.717, 1.165) is 6.26 Å². The second-order valence-electron chi connectivity index (χ2n) is 9.69. The summed E-state index contributed by atoms with van der Waals surface area (Å²) in [5, 5.41) is 10.2. The van der Waals surface area contributed by atoms with Crippen LogP contribution in [0.3, 0.4) is 0 Å². The van der Waals surface area contributed by atoms with Gasteiger partial charge in [-0.2, -0.15) is 0 Å². The average Bonchev–Trinajstić information content (AvgIpc) is 2.70. The van der Waals surface area contributed by atoms with E-state index in [1.807, 2.05) is 25.9 Å². The summed E-state index contributed by atoms with van der Waals surface area (Å²) in [5.41, 5.74) is 3.87. The van der Waals surface area contributed by atoms with Gasteiger partial charge in [0.15, 0.2) is 6.10 Å². The first-order valence-corrected chi connectivity index (χ1v) is 12.7. The van der Waals surface area contributed by atoms with Crippen LogP contribution < -0.4 is 13.9 Å². The number of carboxylic acids is 1. The molecule has 1 aliphatic heterocycles. The lowest BCUT2D eigenvalue weighted by Gasteiger charge is -2.38. The third kappa shape index (κ3) is 5.08. The predicted molar refractivity (Wildman–Crippen MR) is 139 cm³/mol. The normalized spacial score (nSPS) is 13.9. The number of ether oxygens (including phenoxy) is 2. The Morgan fingerprint density at radius 3 is 2.29 bits per heavy atom. The summed E-state index contributed by atoms with van der Waals surface area (Å²) in [4.78, 5) is 18.9. The maximum Gasteiger partial charge on any atom is 0.337 e. The van der Waals surface area contributed by atoms with Crippen molar-refractivity contribution in [1.82, 2.24) is 4.98 Å². The molecule has 194 valence electrons. The fraction of sp³-hybridized carbons (Fsp3) is 0.520. The highest BCUT2D eigenvalue weighted by Crippen LogP contribution is 2.51. The Balaban J connectivity index is 0.00000432. The molecule has 1 atom stereocenters. The SMILES string of the molecule is C.COc1ccnc2c1CN(S(C)(=O)=O)c1c(C)c(C(OC(C)(C)C)C(=O)O)c(N(C)C)c(C)c1-2. The molecule has 35 heavy (non-hydrogen) atoms. The second kappa shape index (κ2) is 9.66. The molecule has 1 aliphatic rings. The first kappa shape index (κ1) is 28.4. The van der Waals surface area contributed by atoms with E-state index in [0.29, 0.717) is 50.6 Å². The average molecular weight is 508 g/mol. The van der Waals surface area contributed by atoms with Gasteiger partial charge in [-0.05, 0) is 51.8 Å². The van der Waals surface area contributed by atoms with Gasteiger partial charge in [0.25, 0.3) is 0 Å². The molecule has 1 unspecified atom stereocenters. The molecule has 1 aromatic heterocycles. The number of carbonyl (C=O) groups is 1. The summed E-state index contributed by atoms with van der Waals surface area (Å²) in [7, 11) is 1.45. The van der Waals surface area contributed by atoms with Crippen LogP contribution in [0.5, 0.6) is 5.75 Å². The lowest BCUT2D eigenvalue weighted by Crippen LogP contribution is -2.35. The first-order chi connectivity index (χ1) is 15.6. The Labute approximate surface area is 208 Å². The summed E-state index contributed by atoms with van der Waals surface area (Å²) in [6.45, 7) is 8.98. The van der Waals surface area contributed by atoms with Crippen molar-refractivity contribution in [3.05, 3.63) is 34.5 Å². The Kier molecular flexibility index (Phi) is 7.83. The largest absolute Gasteiger partial charge is 0.496 e. The smallest absolute Gasteiger partial charge is 0.337 e. The number of aliphatic carboxylic acids is 1. The van der Waals surface area contributed by atoms with Gasteiger partial charge in [0, 0.05) is 42.7 Å². The zero-order valence-corrected chi connectivity index (χ0v) is 22.0. The molecule has 1 N–H and O–H groups in total. The zero-order chi connectivity index (χ0) is 25.7. The molecule has 0 bridgehead atoms. The van der Waals surface area contributed by atoms with Crippen LogP contribution in [0.1, 0.15) is 56.6 Å². The molecule has 9 nitrogen and oxygen atoms in total.